The number of hydrogen-bond donors (Lipinski definition) is 1. The van der Waals surface area contributed by atoms with E-state index < -0.39 is 11.9 Å². The smallest absolute Gasteiger partial charge is 0.240 e. The molecule has 2 aliphatic rings. The minimum atomic E-state index is -0.695. The van der Waals surface area contributed by atoms with Crippen LogP contribution in [0.25, 0.3) is 0 Å². The molecule has 0 bridgehead atoms. The number of aromatic nitrogens is 1. The zero-order valence-corrected chi connectivity index (χ0v) is 18.0. The summed E-state index contributed by atoms with van der Waals surface area (Å²) in [5.41, 5.74) is 7.24. The largest absolute Gasteiger partial charge is 0.493 e. The molecule has 0 unspecified atom stereocenters. The maximum absolute atomic E-state index is 13.6. The molecule has 1 saturated heterocycles. The van der Waals surface area contributed by atoms with Crippen molar-refractivity contribution < 1.29 is 23.8 Å². The Bertz CT molecular complexity index is 950. The van der Waals surface area contributed by atoms with Crippen molar-refractivity contribution >= 4 is 11.8 Å². The molecule has 8 nitrogen and oxygen atoms in total. The number of carbonyl (C=O) groups is 2. The van der Waals surface area contributed by atoms with E-state index in [0.29, 0.717) is 37.7 Å². The third kappa shape index (κ3) is 3.99. The molecule has 0 saturated carbocycles. The Morgan fingerprint density at radius 1 is 1.10 bits per heavy atom. The zero-order valence-electron chi connectivity index (χ0n) is 18.0. The monoisotopic (exact) mass is 427 g/mol. The van der Waals surface area contributed by atoms with Gasteiger partial charge in [0, 0.05) is 38.6 Å². The number of fused-ring (bicyclic) bond motifs is 1. The topological polar surface area (TPSA) is 96.0 Å². The van der Waals surface area contributed by atoms with Gasteiger partial charge in [0.25, 0.3) is 0 Å². The predicted molar refractivity (Wildman–Crippen MR) is 114 cm³/mol. The lowest BCUT2D eigenvalue weighted by Gasteiger charge is -2.42. The van der Waals surface area contributed by atoms with Crippen LogP contribution in [-0.4, -0.2) is 54.8 Å². The lowest BCUT2D eigenvalue weighted by atomic mass is 9.84. The van der Waals surface area contributed by atoms with Crippen molar-refractivity contribution in [2.45, 2.75) is 43.8 Å². The molecule has 4 rings (SSSR count). The normalized spacial score (nSPS) is 20.1. The van der Waals surface area contributed by atoms with Gasteiger partial charge in [-0.1, -0.05) is 0 Å². The summed E-state index contributed by atoms with van der Waals surface area (Å²) in [4.78, 5) is 27.5. The number of benzene rings is 1. The highest BCUT2D eigenvalue weighted by Gasteiger charge is 2.41. The summed E-state index contributed by atoms with van der Waals surface area (Å²) in [7, 11) is 3.15. The minimum absolute atomic E-state index is 0.0835. The van der Waals surface area contributed by atoms with Gasteiger partial charge in [0.2, 0.25) is 11.8 Å². The second-order valence-electron chi connectivity index (χ2n) is 8.22. The van der Waals surface area contributed by atoms with Gasteiger partial charge in [-0.25, -0.2) is 0 Å². The zero-order chi connectivity index (χ0) is 22.0. The SMILES string of the molecule is COc1cc2c(cc1OC)CN(C(=O)CC1(n3cccc3)CCOCC1)[C@H](C(N)=O)C2. The molecule has 2 aromatic rings. The molecule has 31 heavy (non-hydrogen) atoms. The lowest BCUT2D eigenvalue weighted by Crippen LogP contribution is -2.53. The van der Waals surface area contributed by atoms with Gasteiger partial charge in [0.1, 0.15) is 6.04 Å². The number of amides is 2. The fourth-order valence-corrected chi connectivity index (χ4v) is 4.74. The van der Waals surface area contributed by atoms with Crippen molar-refractivity contribution in [3.05, 3.63) is 47.8 Å². The first kappa shape index (κ1) is 21.2. The van der Waals surface area contributed by atoms with Crippen molar-refractivity contribution in [3.8, 4) is 11.5 Å². The molecule has 2 aliphatic heterocycles. The van der Waals surface area contributed by atoms with Gasteiger partial charge in [-0.2, -0.15) is 0 Å². The molecule has 166 valence electrons. The van der Waals surface area contributed by atoms with Crippen LogP contribution >= 0.6 is 0 Å². The minimum Gasteiger partial charge on any atom is -0.493 e. The summed E-state index contributed by atoms with van der Waals surface area (Å²) in [5.74, 6) is 0.605. The van der Waals surface area contributed by atoms with Gasteiger partial charge in [0.05, 0.1) is 26.2 Å². The molecule has 2 amide bonds. The van der Waals surface area contributed by atoms with Gasteiger partial charge in [0.15, 0.2) is 11.5 Å². The second-order valence-corrected chi connectivity index (χ2v) is 8.22. The number of carbonyl (C=O) groups excluding carboxylic acids is 2. The highest BCUT2D eigenvalue weighted by Crippen LogP contribution is 2.37. The second kappa shape index (κ2) is 8.63. The predicted octanol–water partition coefficient (Wildman–Crippen LogP) is 1.84. The first-order chi connectivity index (χ1) is 15.0. The highest BCUT2D eigenvalue weighted by atomic mass is 16.5. The first-order valence-corrected chi connectivity index (χ1v) is 10.5. The average molecular weight is 428 g/mol. The molecule has 8 heteroatoms. The number of nitrogens with zero attached hydrogens (tertiary/aromatic N) is 2. The van der Waals surface area contributed by atoms with Crippen LogP contribution in [0.1, 0.15) is 30.4 Å². The quantitative estimate of drug-likeness (QED) is 0.759. The Balaban J connectivity index is 1.64. The third-order valence-corrected chi connectivity index (χ3v) is 6.54. The van der Waals surface area contributed by atoms with E-state index in [9.17, 15) is 9.59 Å². The van der Waals surface area contributed by atoms with Crippen LogP contribution in [-0.2, 0) is 32.8 Å². The van der Waals surface area contributed by atoms with Crippen LogP contribution in [0.4, 0.5) is 0 Å². The van der Waals surface area contributed by atoms with Gasteiger partial charge in [-0.3, -0.25) is 9.59 Å². The molecule has 0 spiro atoms. The number of rotatable bonds is 6. The number of primary amides is 1. The molecule has 0 radical (unpaired) electrons. The standard InChI is InChI=1S/C23H29N3O5/c1-29-19-12-16-11-18(22(24)28)26(15-17(16)13-20(19)30-2)21(27)14-23(5-9-31-10-6-23)25-7-3-4-8-25/h3-4,7-8,12-13,18H,5-6,9-11,14-15H2,1-2H3,(H2,24,28)/t18-/m0/s1. The molecule has 1 aromatic heterocycles. The molecule has 3 heterocycles. The summed E-state index contributed by atoms with van der Waals surface area (Å²) in [6, 6.07) is 6.97. The van der Waals surface area contributed by atoms with E-state index in [1.54, 1.807) is 19.1 Å². The van der Waals surface area contributed by atoms with Crippen molar-refractivity contribution in [2.75, 3.05) is 27.4 Å². The molecule has 2 N–H and O–H groups in total. The summed E-state index contributed by atoms with van der Waals surface area (Å²) in [6.45, 7) is 1.51. The molecule has 1 aromatic carbocycles. The number of nitrogens with two attached hydrogens (primary N) is 1. The van der Waals surface area contributed by atoms with Crippen LogP contribution in [0.2, 0.25) is 0 Å². The molecule has 0 aliphatic carbocycles. The van der Waals surface area contributed by atoms with Crippen LogP contribution in [0, 0.1) is 0 Å². The number of methoxy groups -OCH3 is 2. The fourth-order valence-electron chi connectivity index (χ4n) is 4.74. The maximum atomic E-state index is 13.6. The highest BCUT2D eigenvalue weighted by molar-refractivity contribution is 5.88. The Morgan fingerprint density at radius 2 is 1.71 bits per heavy atom. The Kier molecular flexibility index (Phi) is 5.91. The van der Waals surface area contributed by atoms with Gasteiger partial charge >= 0.3 is 0 Å². The number of ether oxygens (including phenoxy) is 3. The van der Waals surface area contributed by atoms with Crippen LogP contribution in [0.15, 0.2) is 36.7 Å². The van der Waals surface area contributed by atoms with Gasteiger partial charge < -0.3 is 29.4 Å². The van der Waals surface area contributed by atoms with E-state index in [-0.39, 0.29) is 17.9 Å². The van der Waals surface area contributed by atoms with Gasteiger partial charge in [-0.15, -0.1) is 0 Å². The molecular weight excluding hydrogens is 398 g/mol. The van der Waals surface area contributed by atoms with Crippen molar-refractivity contribution in [1.29, 1.82) is 0 Å². The Labute approximate surface area is 181 Å². The van der Waals surface area contributed by atoms with E-state index in [1.165, 1.54) is 0 Å². The van der Waals surface area contributed by atoms with E-state index in [1.807, 2.05) is 36.7 Å². The Hall–Kier alpha value is -3.00. The summed E-state index contributed by atoms with van der Waals surface area (Å²) < 4.78 is 18.5. The summed E-state index contributed by atoms with van der Waals surface area (Å²) >= 11 is 0. The van der Waals surface area contributed by atoms with Crippen LogP contribution < -0.4 is 15.2 Å². The van der Waals surface area contributed by atoms with Crippen molar-refractivity contribution in [3.63, 3.8) is 0 Å². The van der Waals surface area contributed by atoms with Crippen molar-refractivity contribution in [1.82, 2.24) is 9.47 Å². The van der Waals surface area contributed by atoms with E-state index in [2.05, 4.69) is 4.57 Å². The van der Waals surface area contributed by atoms with E-state index in [4.69, 9.17) is 19.9 Å². The van der Waals surface area contributed by atoms with E-state index >= 15 is 0 Å². The summed E-state index contributed by atoms with van der Waals surface area (Å²) in [5, 5.41) is 0. The van der Waals surface area contributed by atoms with Gasteiger partial charge in [-0.05, 0) is 48.2 Å². The molecule has 1 atom stereocenters. The average Bonchev–Trinajstić information content (AvgIpc) is 3.33. The fraction of sp³-hybridized carbons (Fsp3) is 0.478. The van der Waals surface area contributed by atoms with Crippen LogP contribution in [0.3, 0.4) is 0 Å². The lowest BCUT2D eigenvalue weighted by molar-refractivity contribution is -0.143. The molecule has 1 fully saturated rings. The number of hydrogen-bond acceptors (Lipinski definition) is 5. The molecular formula is C23H29N3O5. The Morgan fingerprint density at radius 3 is 2.29 bits per heavy atom. The third-order valence-electron chi connectivity index (χ3n) is 6.54. The maximum Gasteiger partial charge on any atom is 0.240 e. The summed E-state index contributed by atoms with van der Waals surface area (Å²) in [6.07, 6.45) is 6.11. The van der Waals surface area contributed by atoms with Crippen molar-refractivity contribution in [2.24, 2.45) is 5.73 Å². The first-order valence-electron chi connectivity index (χ1n) is 10.5. The van der Waals surface area contributed by atoms with E-state index in [0.717, 1.165) is 24.0 Å². The van der Waals surface area contributed by atoms with Crippen LogP contribution in [0.5, 0.6) is 11.5 Å².